The van der Waals surface area contributed by atoms with Crippen LogP contribution in [0.3, 0.4) is 0 Å². The van der Waals surface area contributed by atoms with Gasteiger partial charge < -0.3 is 9.52 Å². The van der Waals surface area contributed by atoms with E-state index >= 15 is 0 Å². The Hall–Kier alpha value is -2.25. The van der Waals surface area contributed by atoms with Crippen molar-refractivity contribution in [2.75, 3.05) is 0 Å². The largest absolute Gasteiger partial charge is 0.476 e. The number of nitrogens with zero attached hydrogens (tertiary/aromatic N) is 2. The molecule has 118 valence electrons. The van der Waals surface area contributed by atoms with Gasteiger partial charge >= 0.3 is 5.97 Å². The Kier molecular flexibility index (Phi) is 3.62. The van der Waals surface area contributed by atoms with Crippen molar-refractivity contribution in [3.63, 3.8) is 0 Å². The lowest BCUT2D eigenvalue weighted by Crippen LogP contribution is -2.05. The van der Waals surface area contributed by atoms with Crippen molar-refractivity contribution in [2.24, 2.45) is 0 Å². The number of carboxylic acid groups (broad SMARTS) is 1. The number of rotatable bonds is 2. The van der Waals surface area contributed by atoms with Gasteiger partial charge in [-0.15, -0.1) is 0 Å². The second kappa shape index (κ2) is 5.68. The molecule has 0 saturated carbocycles. The minimum atomic E-state index is -1.15. The SMILES string of the molecule is O=C(O)c1nc2ccccc2nc1-c1cc2c(Br)cc(Br)cc2o1. The quantitative estimate of drug-likeness (QED) is 0.453. The van der Waals surface area contributed by atoms with Crippen LogP contribution >= 0.6 is 31.9 Å². The molecule has 0 aliphatic carbocycles. The third-order valence-corrected chi connectivity index (χ3v) is 4.67. The van der Waals surface area contributed by atoms with Crippen molar-refractivity contribution in [1.29, 1.82) is 0 Å². The van der Waals surface area contributed by atoms with Crippen LogP contribution in [0.15, 0.2) is 55.8 Å². The van der Waals surface area contributed by atoms with Gasteiger partial charge in [0.2, 0.25) is 0 Å². The summed E-state index contributed by atoms with van der Waals surface area (Å²) in [7, 11) is 0. The van der Waals surface area contributed by atoms with Crippen molar-refractivity contribution >= 4 is 59.8 Å². The van der Waals surface area contributed by atoms with Crippen molar-refractivity contribution < 1.29 is 14.3 Å². The summed E-state index contributed by atoms with van der Waals surface area (Å²) in [6, 6.07) is 12.6. The molecule has 0 spiro atoms. The van der Waals surface area contributed by atoms with Crippen LogP contribution in [0.1, 0.15) is 10.5 Å². The Morgan fingerprint density at radius 3 is 2.46 bits per heavy atom. The van der Waals surface area contributed by atoms with Gasteiger partial charge in [0.15, 0.2) is 11.5 Å². The molecule has 2 aromatic carbocycles. The Morgan fingerprint density at radius 1 is 1.04 bits per heavy atom. The summed E-state index contributed by atoms with van der Waals surface area (Å²) >= 11 is 6.89. The molecule has 4 rings (SSSR count). The van der Waals surface area contributed by atoms with Gasteiger partial charge in [0, 0.05) is 14.3 Å². The van der Waals surface area contributed by atoms with Crippen molar-refractivity contribution in [2.45, 2.75) is 0 Å². The molecule has 0 fully saturated rings. The van der Waals surface area contributed by atoms with Crippen LogP contribution in [0.4, 0.5) is 0 Å². The summed E-state index contributed by atoms with van der Waals surface area (Å²) in [4.78, 5) is 20.3. The molecule has 0 radical (unpaired) electrons. The summed E-state index contributed by atoms with van der Waals surface area (Å²) < 4.78 is 7.52. The highest BCUT2D eigenvalue weighted by Crippen LogP contribution is 2.35. The minimum Gasteiger partial charge on any atom is -0.476 e. The van der Waals surface area contributed by atoms with Crippen LogP contribution in [0.2, 0.25) is 0 Å². The van der Waals surface area contributed by atoms with Crippen LogP contribution in [0.25, 0.3) is 33.5 Å². The number of furan rings is 1. The fraction of sp³-hybridized carbons (Fsp3) is 0. The summed E-state index contributed by atoms with van der Waals surface area (Å²) in [6.45, 7) is 0. The van der Waals surface area contributed by atoms with E-state index in [-0.39, 0.29) is 11.4 Å². The fourth-order valence-electron chi connectivity index (χ4n) is 2.50. The molecule has 7 heteroatoms. The Balaban J connectivity index is 2.03. The molecular formula is C17H8Br2N2O3. The third-order valence-electron chi connectivity index (χ3n) is 3.56. The Labute approximate surface area is 152 Å². The molecule has 0 unspecified atom stereocenters. The number of para-hydroxylation sites is 2. The summed E-state index contributed by atoms with van der Waals surface area (Å²) in [5.41, 5.74) is 1.83. The number of carboxylic acids is 1. The zero-order chi connectivity index (χ0) is 16.8. The molecule has 0 amide bonds. The monoisotopic (exact) mass is 446 g/mol. The number of hydrogen-bond acceptors (Lipinski definition) is 4. The van der Waals surface area contributed by atoms with Gasteiger partial charge in [-0.05, 0) is 46.3 Å². The molecule has 4 aromatic rings. The standard InChI is InChI=1S/C17H8Br2N2O3/c18-8-5-10(19)9-7-14(24-13(9)6-8)15-16(17(22)23)21-12-4-2-1-3-11(12)20-15/h1-7H,(H,22,23). The minimum absolute atomic E-state index is 0.136. The number of aromatic carboxylic acids is 1. The first-order valence-corrected chi connectivity index (χ1v) is 8.50. The van der Waals surface area contributed by atoms with Crippen LogP contribution in [0, 0.1) is 0 Å². The van der Waals surface area contributed by atoms with Gasteiger partial charge in [-0.1, -0.05) is 28.1 Å². The van der Waals surface area contributed by atoms with Crippen molar-refractivity contribution in [1.82, 2.24) is 9.97 Å². The predicted octanol–water partition coefficient (Wildman–Crippen LogP) is 5.27. The normalized spacial score (nSPS) is 11.2. The lowest BCUT2D eigenvalue weighted by Gasteiger charge is -2.04. The maximum absolute atomic E-state index is 11.6. The number of halogens is 2. The maximum atomic E-state index is 11.6. The zero-order valence-corrected chi connectivity index (χ0v) is 15.1. The van der Waals surface area contributed by atoms with Gasteiger partial charge in [-0.25, -0.2) is 14.8 Å². The van der Waals surface area contributed by atoms with Gasteiger partial charge in [0.05, 0.1) is 11.0 Å². The summed E-state index contributed by atoms with van der Waals surface area (Å²) in [5, 5.41) is 10.3. The Morgan fingerprint density at radius 2 is 1.75 bits per heavy atom. The van der Waals surface area contributed by atoms with Gasteiger partial charge in [0.25, 0.3) is 0 Å². The number of benzene rings is 2. The number of carbonyl (C=O) groups is 1. The third kappa shape index (κ3) is 2.50. The molecule has 0 bridgehead atoms. The van der Waals surface area contributed by atoms with E-state index in [4.69, 9.17) is 4.42 Å². The molecule has 2 aromatic heterocycles. The molecule has 2 heterocycles. The summed E-state index contributed by atoms with van der Waals surface area (Å²) in [6.07, 6.45) is 0. The number of hydrogen-bond donors (Lipinski definition) is 1. The van der Waals surface area contributed by atoms with E-state index in [1.807, 2.05) is 18.2 Å². The zero-order valence-electron chi connectivity index (χ0n) is 12.0. The average molecular weight is 448 g/mol. The van der Waals surface area contributed by atoms with Crippen LogP contribution in [-0.4, -0.2) is 21.0 Å². The molecule has 24 heavy (non-hydrogen) atoms. The average Bonchev–Trinajstić information content (AvgIpc) is 2.97. The highest BCUT2D eigenvalue weighted by molar-refractivity contribution is 9.11. The number of aromatic nitrogens is 2. The molecule has 1 N–H and O–H groups in total. The molecule has 0 saturated heterocycles. The fourth-order valence-corrected chi connectivity index (χ4v) is 3.80. The topological polar surface area (TPSA) is 76.2 Å². The molecule has 0 atom stereocenters. The van der Waals surface area contributed by atoms with Gasteiger partial charge in [-0.2, -0.15) is 0 Å². The van der Waals surface area contributed by atoms with E-state index in [1.165, 1.54) is 0 Å². The molecule has 0 aliphatic heterocycles. The van der Waals surface area contributed by atoms with Crippen LogP contribution in [0.5, 0.6) is 0 Å². The first-order chi connectivity index (χ1) is 11.5. The van der Waals surface area contributed by atoms with E-state index in [0.29, 0.717) is 22.4 Å². The highest BCUT2D eigenvalue weighted by atomic mass is 79.9. The predicted molar refractivity (Wildman–Crippen MR) is 97.1 cm³/mol. The van der Waals surface area contributed by atoms with E-state index in [0.717, 1.165) is 14.3 Å². The maximum Gasteiger partial charge on any atom is 0.356 e. The van der Waals surface area contributed by atoms with Crippen LogP contribution < -0.4 is 0 Å². The van der Waals surface area contributed by atoms with Crippen molar-refractivity contribution in [3.8, 4) is 11.5 Å². The van der Waals surface area contributed by atoms with E-state index in [2.05, 4.69) is 41.8 Å². The molecule has 0 aliphatic rings. The van der Waals surface area contributed by atoms with Crippen LogP contribution in [-0.2, 0) is 0 Å². The smallest absolute Gasteiger partial charge is 0.356 e. The number of fused-ring (bicyclic) bond motifs is 2. The first kappa shape index (κ1) is 15.3. The summed E-state index contributed by atoms with van der Waals surface area (Å²) in [5.74, 6) is -0.789. The van der Waals surface area contributed by atoms with Gasteiger partial charge in [-0.3, -0.25) is 0 Å². The Bertz CT molecular complexity index is 1120. The highest BCUT2D eigenvalue weighted by Gasteiger charge is 2.20. The second-order valence-electron chi connectivity index (χ2n) is 5.12. The van der Waals surface area contributed by atoms with E-state index in [9.17, 15) is 9.90 Å². The van der Waals surface area contributed by atoms with E-state index in [1.54, 1.807) is 24.3 Å². The van der Waals surface area contributed by atoms with Gasteiger partial charge in [0.1, 0.15) is 11.3 Å². The van der Waals surface area contributed by atoms with E-state index < -0.39 is 5.97 Å². The first-order valence-electron chi connectivity index (χ1n) is 6.92. The molecular weight excluding hydrogens is 440 g/mol. The molecule has 5 nitrogen and oxygen atoms in total. The lowest BCUT2D eigenvalue weighted by atomic mass is 10.2. The van der Waals surface area contributed by atoms with Crippen molar-refractivity contribution in [3.05, 3.63) is 57.1 Å². The lowest BCUT2D eigenvalue weighted by molar-refractivity contribution is 0.0691. The second-order valence-corrected chi connectivity index (χ2v) is 6.89.